The van der Waals surface area contributed by atoms with E-state index in [-0.39, 0.29) is 24.7 Å². The zero-order valence-corrected chi connectivity index (χ0v) is 14.1. The van der Waals surface area contributed by atoms with Crippen LogP contribution in [0.15, 0.2) is 29.2 Å². The number of nitrogens with zero attached hydrogens (tertiary/aromatic N) is 1. The summed E-state index contributed by atoms with van der Waals surface area (Å²) >= 11 is 0. The number of primary amides is 1. The second-order valence-electron chi connectivity index (χ2n) is 5.79. The van der Waals surface area contributed by atoms with E-state index in [1.54, 1.807) is 12.1 Å². The molecule has 0 spiro atoms. The molecular weight excluding hydrogens is 320 g/mol. The van der Waals surface area contributed by atoms with Crippen molar-refractivity contribution in [3.05, 3.63) is 24.3 Å². The van der Waals surface area contributed by atoms with Crippen molar-refractivity contribution in [2.75, 3.05) is 26.4 Å². The van der Waals surface area contributed by atoms with Crippen molar-refractivity contribution in [3.63, 3.8) is 0 Å². The van der Waals surface area contributed by atoms with Gasteiger partial charge in [-0.1, -0.05) is 13.8 Å². The summed E-state index contributed by atoms with van der Waals surface area (Å²) in [5, 5.41) is 0. The number of hydrogen-bond donors (Lipinski definition) is 1. The van der Waals surface area contributed by atoms with E-state index in [0.29, 0.717) is 18.3 Å². The lowest BCUT2D eigenvalue weighted by Gasteiger charge is -2.32. The third-order valence-electron chi connectivity index (χ3n) is 3.42. The highest BCUT2D eigenvalue weighted by Crippen LogP contribution is 2.23. The Balaban J connectivity index is 2.19. The van der Waals surface area contributed by atoms with Gasteiger partial charge in [-0.15, -0.1) is 0 Å². The highest BCUT2D eigenvalue weighted by atomic mass is 32.2. The smallest absolute Gasteiger partial charge is 0.243 e. The number of ether oxygens (including phenoxy) is 2. The SMILES string of the molecule is CC(C)COc1ccc(S(=O)(=O)N2CCOCC2C(N)=O)cc1. The van der Waals surface area contributed by atoms with Gasteiger partial charge in [0.2, 0.25) is 15.9 Å². The Morgan fingerprint density at radius 3 is 2.61 bits per heavy atom. The molecule has 23 heavy (non-hydrogen) atoms. The second kappa shape index (κ2) is 7.29. The Bertz CT molecular complexity index is 642. The number of nitrogens with two attached hydrogens (primary N) is 1. The minimum absolute atomic E-state index is 0.0237. The molecule has 1 aromatic rings. The fraction of sp³-hybridized carbons (Fsp3) is 0.533. The fourth-order valence-electron chi connectivity index (χ4n) is 2.21. The highest BCUT2D eigenvalue weighted by Gasteiger charge is 2.37. The molecule has 1 heterocycles. The summed E-state index contributed by atoms with van der Waals surface area (Å²) in [5.74, 6) is 0.263. The molecule has 8 heteroatoms. The van der Waals surface area contributed by atoms with Crippen LogP contribution in [0.4, 0.5) is 0 Å². The van der Waals surface area contributed by atoms with E-state index in [9.17, 15) is 13.2 Å². The van der Waals surface area contributed by atoms with Crippen LogP contribution in [0.5, 0.6) is 5.75 Å². The van der Waals surface area contributed by atoms with Crippen molar-refractivity contribution < 1.29 is 22.7 Å². The number of carbonyl (C=O) groups is 1. The van der Waals surface area contributed by atoms with Gasteiger partial charge in [-0.05, 0) is 30.2 Å². The second-order valence-corrected chi connectivity index (χ2v) is 7.68. The lowest BCUT2D eigenvalue weighted by Crippen LogP contribution is -2.54. The number of sulfonamides is 1. The molecular formula is C15H22N2O5S. The Morgan fingerprint density at radius 1 is 1.39 bits per heavy atom. The summed E-state index contributed by atoms with van der Waals surface area (Å²) in [5.41, 5.74) is 5.28. The van der Waals surface area contributed by atoms with E-state index < -0.39 is 22.0 Å². The summed E-state index contributed by atoms with van der Waals surface area (Å²) in [6.07, 6.45) is 0. The Morgan fingerprint density at radius 2 is 2.04 bits per heavy atom. The molecule has 2 N–H and O–H groups in total. The zero-order chi connectivity index (χ0) is 17.0. The molecule has 0 aromatic heterocycles. The van der Waals surface area contributed by atoms with Gasteiger partial charge in [0.1, 0.15) is 11.8 Å². The third-order valence-corrected chi connectivity index (χ3v) is 5.34. The normalized spacial score (nSPS) is 19.7. The molecule has 2 rings (SSSR count). The number of carbonyl (C=O) groups excluding carboxylic acids is 1. The average Bonchev–Trinajstić information content (AvgIpc) is 2.53. The van der Waals surface area contributed by atoms with Crippen molar-refractivity contribution in [2.24, 2.45) is 11.7 Å². The fourth-order valence-corrected chi connectivity index (χ4v) is 3.77. The molecule has 0 bridgehead atoms. The van der Waals surface area contributed by atoms with E-state index in [1.165, 1.54) is 12.1 Å². The first-order valence-corrected chi connectivity index (χ1v) is 8.88. The number of rotatable bonds is 6. The number of hydrogen-bond acceptors (Lipinski definition) is 5. The molecule has 1 fully saturated rings. The molecule has 1 unspecified atom stereocenters. The molecule has 7 nitrogen and oxygen atoms in total. The molecule has 1 aliphatic rings. The van der Waals surface area contributed by atoms with Gasteiger partial charge >= 0.3 is 0 Å². The van der Waals surface area contributed by atoms with Crippen LogP contribution in [0.3, 0.4) is 0 Å². The van der Waals surface area contributed by atoms with Gasteiger partial charge in [0, 0.05) is 6.54 Å². The Hall–Kier alpha value is -1.64. The van der Waals surface area contributed by atoms with Crippen molar-refractivity contribution in [2.45, 2.75) is 24.8 Å². The molecule has 1 amide bonds. The summed E-state index contributed by atoms with van der Waals surface area (Å²) in [6.45, 7) is 4.92. The van der Waals surface area contributed by atoms with Crippen molar-refractivity contribution in [1.29, 1.82) is 0 Å². The monoisotopic (exact) mass is 342 g/mol. The van der Waals surface area contributed by atoms with Gasteiger partial charge in [0.15, 0.2) is 0 Å². The highest BCUT2D eigenvalue weighted by molar-refractivity contribution is 7.89. The van der Waals surface area contributed by atoms with Crippen LogP contribution < -0.4 is 10.5 Å². The van der Waals surface area contributed by atoms with E-state index in [4.69, 9.17) is 15.2 Å². The molecule has 1 saturated heterocycles. The topological polar surface area (TPSA) is 98.9 Å². The van der Waals surface area contributed by atoms with Crippen molar-refractivity contribution >= 4 is 15.9 Å². The molecule has 1 aromatic carbocycles. The van der Waals surface area contributed by atoms with Gasteiger partial charge in [0.25, 0.3) is 0 Å². The summed E-state index contributed by atoms with van der Waals surface area (Å²) in [4.78, 5) is 11.6. The van der Waals surface area contributed by atoms with Crippen LogP contribution in [-0.2, 0) is 19.6 Å². The largest absolute Gasteiger partial charge is 0.493 e. The molecule has 1 atom stereocenters. The van der Waals surface area contributed by atoms with Gasteiger partial charge in [-0.25, -0.2) is 8.42 Å². The van der Waals surface area contributed by atoms with Gasteiger partial charge in [-0.3, -0.25) is 4.79 Å². The van der Waals surface area contributed by atoms with Gasteiger partial charge in [-0.2, -0.15) is 4.31 Å². The molecule has 128 valence electrons. The molecule has 1 aliphatic heterocycles. The van der Waals surface area contributed by atoms with Crippen LogP contribution in [0.1, 0.15) is 13.8 Å². The zero-order valence-electron chi connectivity index (χ0n) is 13.3. The maximum absolute atomic E-state index is 12.7. The lowest BCUT2D eigenvalue weighted by atomic mass is 10.2. The molecule has 0 saturated carbocycles. The summed E-state index contributed by atoms with van der Waals surface area (Å²) < 4.78 is 37.2. The number of morpholine rings is 1. The lowest BCUT2D eigenvalue weighted by molar-refractivity contribution is -0.125. The standard InChI is InChI=1S/C15H22N2O5S/c1-11(2)9-22-12-3-5-13(6-4-12)23(19,20)17-7-8-21-10-14(17)15(16)18/h3-6,11,14H,7-10H2,1-2H3,(H2,16,18). The number of benzene rings is 1. The van der Waals surface area contributed by atoms with Crippen LogP contribution in [0.2, 0.25) is 0 Å². The quantitative estimate of drug-likeness (QED) is 0.816. The van der Waals surface area contributed by atoms with Crippen LogP contribution in [0.25, 0.3) is 0 Å². The van der Waals surface area contributed by atoms with E-state index in [2.05, 4.69) is 0 Å². The first kappa shape index (κ1) is 17.7. The van der Waals surface area contributed by atoms with Gasteiger partial charge < -0.3 is 15.2 Å². The average molecular weight is 342 g/mol. The van der Waals surface area contributed by atoms with Crippen molar-refractivity contribution in [3.8, 4) is 5.75 Å². The van der Waals surface area contributed by atoms with Crippen LogP contribution >= 0.6 is 0 Å². The molecule has 0 radical (unpaired) electrons. The third kappa shape index (κ3) is 4.21. The van der Waals surface area contributed by atoms with Crippen molar-refractivity contribution in [1.82, 2.24) is 4.31 Å². The summed E-state index contributed by atoms with van der Waals surface area (Å²) in [7, 11) is -3.81. The maximum atomic E-state index is 12.7. The van der Waals surface area contributed by atoms with E-state index >= 15 is 0 Å². The predicted molar refractivity (Wildman–Crippen MR) is 84.5 cm³/mol. The van der Waals surface area contributed by atoms with Crippen LogP contribution in [0, 0.1) is 5.92 Å². The van der Waals surface area contributed by atoms with E-state index in [1.807, 2.05) is 13.8 Å². The van der Waals surface area contributed by atoms with E-state index in [0.717, 1.165) is 4.31 Å². The molecule has 0 aliphatic carbocycles. The predicted octanol–water partition coefficient (Wildman–Crippen LogP) is 0.596. The summed E-state index contributed by atoms with van der Waals surface area (Å²) in [6, 6.07) is 5.17. The van der Waals surface area contributed by atoms with Gasteiger partial charge in [0.05, 0.1) is 24.7 Å². The Labute approximate surface area is 136 Å². The first-order valence-electron chi connectivity index (χ1n) is 7.44. The minimum Gasteiger partial charge on any atom is -0.493 e. The Kier molecular flexibility index (Phi) is 5.61. The first-order chi connectivity index (χ1) is 10.8. The maximum Gasteiger partial charge on any atom is 0.243 e. The number of amides is 1. The minimum atomic E-state index is -3.81. The van der Waals surface area contributed by atoms with Crippen LogP contribution in [-0.4, -0.2) is 51.0 Å².